The molecule has 9 nitrogen and oxygen atoms in total. The topological polar surface area (TPSA) is 115 Å². The van der Waals surface area contributed by atoms with Gasteiger partial charge in [0.25, 0.3) is 0 Å². The fourth-order valence-corrected chi connectivity index (χ4v) is 5.26. The normalized spacial score (nSPS) is 15.4. The molecule has 1 N–H and O–H groups in total. The molecule has 0 spiro atoms. The standard InChI is InChI=1S/C24H27N5.C7H7N2O2.Na/c1-15(2)29-14-21(16(3)28-29)23-26-22-20(11-12-25-24(22)27-23)19-10-9-17-7-5-4-6-8-18(17)13-19;1-7(2-3-7)6-8-5(4-10)11-9-6;/h9-15H,4-8H2,1-3H3,(H,25,26,27);2-3H2,1H3;/q;-1;+1. The van der Waals surface area contributed by atoms with Gasteiger partial charge in [-0.3, -0.25) is 4.68 Å². The Morgan fingerprint density at radius 1 is 1.05 bits per heavy atom. The molecule has 41 heavy (non-hydrogen) atoms. The second kappa shape index (κ2) is 12.0. The van der Waals surface area contributed by atoms with Crippen LogP contribution in [-0.4, -0.2) is 41.2 Å². The fourth-order valence-electron chi connectivity index (χ4n) is 5.26. The van der Waals surface area contributed by atoms with Crippen molar-refractivity contribution >= 4 is 17.5 Å². The minimum atomic E-state index is -0.0480. The first-order valence-electron chi connectivity index (χ1n) is 14.1. The number of aromatic nitrogens is 7. The summed E-state index contributed by atoms with van der Waals surface area (Å²) in [5.74, 6) is 1.42. The van der Waals surface area contributed by atoms with Gasteiger partial charge in [0, 0.05) is 29.4 Å². The average molecular weight is 560 g/mol. The molecule has 1 aromatic carbocycles. The molecule has 0 saturated heterocycles. The Morgan fingerprint density at radius 3 is 2.51 bits per heavy atom. The second-order valence-corrected chi connectivity index (χ2v) is 11.5. The van der Waals surface area contributed by atoms with Gasteiger partial charge >= 0.3 is 29.6 Å². The van der Waals surface area contributed by atoms with Gasteiger partial charge < -0.3 is 14.3 Å². The molecule has 0 amide bonds. The molecule has 1 fully saturated rings. The molecule has 5 aromatic rings. The van der Waals surface area contributed by atoms with Crippen LogP contribution in [0.4, 0.5) is 0 Å². The number of nitrogens with zero attached hydrogens (tertiary/aromatic N) is 6. The quantitative estimate of drug-likeness (QED) is 0.200. The van der Waals surface area contributed by atoms with Crippen molar-refractivity contribution < 1.29 is 38.9 Å². The molecule has 0 bridgehead atoms. The summed E-state index contributed by atoms with van der Waals surface area (Å²) in [5.41, 5.74) is 9.24. The molecule has 0 aliphatic heterocycles. The number of carbonyl (C=O) groups excluding carboxylic acids is 1. The van der Waals surface area contributed by atoms with Crippen molar-refractivity contribution in [3.63, 3.8) is 0 Å². The molecule has 1 saturated carbocycles. The number of aryl methyl sites for hydroxylation is 3. The average Bonchev–Trinajstić information content (AvgIpc) is 3.27. The van der Waals surface area contributed by atoms with E-state index in [0.29, 0.717) is 11.9 Å². The van der Waals surface area contributed by atoms with Crippen molar-refractivity contribution in [3.8, 4) is 22.5 Å². The molecule has 206 valence electrons. The molecule has 0 radical (unpaired) electrons. The van der Waals surface area contributed by atoms with Crippen LogP contribution in [0.3, 0.4) is 0 Å². The van der Waals surface area contributed by atoms with Gasteiger partial charge in [-0.25, -0.2) is 15.0 Å². The summed E-state index contributed by atoms with van der Waals surface area (Å²) < 4.78 is 6.58. The molecule has 2 aliphatic carbocycles. The maximum Gasteiger partial charge on any atom is 1.00 e. The van der Waals surface area contributed by atoms with E-state index in [1.54, 1.807) is 6.29 Å². The monoisotopic (exact) mass is 559 g/mol. The van der Waals surface area contributed by atoms with Crippen LogP contribution in [0, 0.1) is 6.92 Å². The third-order valence-electron chi connectivity index (χ3n) is 8.06. The van der Waals surface area contributed by atoms with Gasteiger partial charge in [-0.2, -0.15) is 11.4 Å². The van der Waals surface area contributed by atoms with Crippen molar-refractivity contribution in [2.24, 2.45) is 0 Å². The predicted molar refractivity (Wildman–Crippen MR) is 153 cm³/mol. The first kappa shape index (κ1) is 29.4. The van der Waals surface area contributed by atoms with Gasteiger partial charge in [0.15, 0.2) is 11.5 Å². The van der Waals surface area contributed by atoms with Gasteiger partial charge in [-0.1, -0.05) is 36.7 Å². The summed E-state index contributed by atoms with van der Waals surface area (Å²) in [5, 5.41) is 8.30. The Labute approximate surface area is 261 Å². The maximum absolute atomic E-state index is 10.0. The van der Waals surface area contributed by atoms with Crippen molar-refractivity contribution in [1.29, 1.82) is 0 Å². The Balaban J connectivity index is 0.000000236. The number of benzene rings is 1. The van der Waals surface area contributed by atoms with Crippen molar-refractivity contribution in [1.82, 2.24) is 34.9 Å². The predicted octanol–water partition coefficient (Wildman–Crippen LogP) is 3.23. The number of rotatable bonds is 5. The van der Waals surface area contributed by atoms with E-state index in [1.165, 1.54) is 48.8 Å². The molecule has 7 rings (SSSR count). The molecule has 4 heterocycles. The van der Waals surface area contributed by atoms with E-state index in [4.69, 9.17) is 4.98 Å². The van der Waals surface area contributed by atoms with E-state index >= 15 is 0 Å². The minimum Gasteiger partial charge on any atom is -0.532 e. The van der Waals surface area contributed by atoms with E-state index in [9.17, 15) is 4.79 Å². The van der Waals surface area contributed by atoms with Crippen molar-refractivity contribution in [2.75, 3.05) is 0 Å². The fraction of sp³-hybridized carbons (Fsp3) is 0.419. The van der Waals surface area contributed by atoms with Crippen LogP contribution < -0.4 is 29.6 Å². The molecular formula is C31H34N7NaO2. The summed E-state index contributed by atoms with van der Waals surface area (Å²) in [4.78, 5) is 26.7. The number of hydrogen-bond acceptors (Lipinski definition) is 7. The van der Waals surface area contributed by atoms with Crippen LogP contribution >= 0.6 is 0 Å². The van der Waals surface area contributed by atoms with Gasteiger partial charge in [0.05, 0.1) is 16.8 Å². The molecule has 10 heteroatoms. The van der Waals surface area contributed by atoms with Crippen molar-refractivity contribution in [2.45, 2.75) is 84.1 Å². The summed E-state index contributed by atoms with van der Waals surface area (Å²) >= 11 is 0. The van der Waals surface area contributed by atoms with Crippen LogP contribution in [0.25, 0.3) is 33.7 Å². The van der Waals surface area contributed by atoms with Gasteiger partial charge in [-0.15, -0.1) is 0 Å². The van der Waals surface area contributed by atoms with Crippen LogP contribution in [0.2, 0.25) is 0 Å². The first-order chi connectivity index (χ1) is 19.3. The second-order valence-electron chi connectivity index (χ2n) is 11.5. The Bertz CT molecular complexity index is 1680. The molecular weight excluding hydrogens is 525 g/mol. The zero-order valence-corrected chi connectivity index (χ0v) is 26.5. The van der Waals surface area contributed by atoms with Gasteiger partial charge in [0.2, 0.25) is 0 Å². The van der Waals surface area contributed by atoms with Crippen LogP contribution in [0.1, 0.15) is 87.5 Å². The largest absolute Gasteiger partial charge is 1.00 e. The number of hydrogen-bond donors (Lipinski definition) is 1. The van der Waals surface area contributed by atoms with Crippen LogP contribution in [0.5, 0.6) is 0 Å². The van der Waals surface area contributed by atoms with E-state index in [-0.39, 0.29) is 40.9 Å². The zero-order chi connectivity index (χ0) is 27.9. The first-order valence-corrected chi connectivity index (χ1v) is 14.1. The number of fused-ring (bicyclic) bond motifs is 2. The van der Waals surface area contributed by atoms with E-state index in [0.717, 1.165) is 46.7 Å². The number of aromatic amines is 1. The molecule has 4 aromatic heterocycles. The van der Waals surface area contributed by atoms with Gasteiger partial charge in [0.1, 0.15) is 11.7 Å². The molecule has 0 atom stereocenters. The van der Waals surface area contributed by atoms with Crippen molar-refractivity contribution in [3.05, 3.63) is 65.2 Å². The number of nitrogens with one attached hydrogen (secondary N) is 1. The third kappa shape index (κ3) is 6.08. The minimum absolute atomic E-state index is 0. The third-order valence-corrected chi connectivity index (χ3v) is 8.06. The van der Waals surface area contributed by atoms with Gasteiger partial charge in [-0.05, 0) is 82.1 Å². The van der Waals surface area contributed by atoms with Crippen LogP contribution in [-0.2, 0) is 23.1 Å². The summed E-state index contributed by atoms with van der Waals surface area (Å²) in [7, 11) is 0. The Hall–Kier alpha value is -3.14. The maximum atomic E-state index is 10.0. The Kier molecular flexibility index (Phi) is 8.59. The molecule has 0 unspecified atom stereocenters. The number of H-pyrrole nitrogens is 1. The number of pyridine rings is 1. The SMILES string of the molecule is CC1(c2noc([C-]=O)n2)CC1.Cc1nn(C(C)C)cc1-c1nc2nccc(-c3ccc4c(c3)CCCCC4)c2[nH]1.[Na+]. The number of imidazole rings is 1. The van der Waals surface area contributed by atoms with E-state index < -0.39 is 0 Å². The summed E-state index contributed by atoms with van der Waals surface area (Å²) in [6, 6.07) is 9.35. The molecule has 2 aliphatic rings. The summed E-state index contributed by atoms with van der Waals surface area (Å²) in [6.45, 7) is 8.34. The van der Waals surface area contributed by atoms with E-state index in [2.05, 4.69) is 74.0 Å². The van der Waals surface area contributed by atoms with E-state index in [1.807, 2.05) is 24.7 Å². The smallest absolute Gasteiger partial charge is 0.532 e. The summed E-state index contributed by atoms with van der Waals surface area (Å²) in [6.07, 6.45) is 13.9. The van der Waals surface area contributed by atoms with Crippen LogP contribution in [0.15, 0.2) is 41.2 Å². The Morgan fingerprint density at radius 2 is 1.83 bits per heavy atom. The zero-order valence-electron chi connectivity index (χ0n) is 24.5.